The molecule has 0 aliphatic heterocycles. The quantitative estimate of drug-likeness (QED) is 0.768. The minimum Gasteiger partial charge on any atom is -0.343 e. The number of hydrogen-bond acceptors (Lipinski definition) is 3. The first-order chi connectivity index (χ1) is 7.92. The Kier molecular flexibility index (Phi) is 4.43. The van der Waals surface area contributed by atoms with E-state index in [4.69, 9.17) is 0 Å². The highest BCUT2D eigenvalue weighted by molar-refractivity contribution is 5.87. The summed E-state index contributed by atoms with van der Waals surface area (Å²) < 4.78 is 0. The Morgan fingerprint density at radius 1 is 1.65 bits per heavy atom. The van der Waals surface area contributed by atoms with Crippen LogP contribution in [0.4, 0.5) is 0 Å². The van der Waals surface area contributed by atoms with E-state index in [0.717, 1.165) is 12.8 Å². The summed E-state index contributed by atoms with van der Waals surface area (Å²) in [7, 11) is 0. The molecule has 17 heavy (non-hydrogen) atoms. The van der Waals surface area contributed by atoms with Gasteiger partial charge in [0.15, 0.2) is 0 Å². The summed E-state index contributed by atoms with van der Waals surface area (Å²) in [4.78, 5) is 15.4. The van der Waals surface area contributed by atoms with E-state index in [0.29, 0.717) is 5.82 Å². The van der Waals surface area contributed by atoms with Gasteiger partial charge >= 0.3 is 0 Å². The maximum absolute atomic E-state index is 11.4. The predicted molar refractivity (Wildman–Crippen MR) is 66.2 cm³/mol. The number of H-pyrrole nitrogens is 1. The van der Waals surface area contributed by atoms with Crippen LogP contribution in [0.1, 0.15) is 45.5 Å². The van der Waals surface area contributed by atoms with Gasteiger partial charge in [0.05, 0.1) is 6.04 Å². The van der Waals surface area contributed by atoms with Gasteiger partial charge in [0.2, 0.25) is 5.91 Å². The lowest BCUT2D eigenvalue weighted by molar-refractivity contribution is -0.117. The van der Waals surface area contributed by atoms with E-state index in [1.165, 1.54) is 12.4 Å². The van der Waals surface area contributed by atoms with Crippen LogP contribution in [0, 0.1) is 5.41 Å². The minimum absolute atomic E-state index is 0.137. The summed E-state index contributed by atoms with van der Waals surface area (Å²) in [5.41, 5.74) is 0.219. The number of aromatic amines is 1. The Bertz CT molecular complexity index is 364. The monoisotopic (exact) mass is 236 g/mol. The number of amides is 1. The summed E-state index contributed by atoms with van der Waals surface area (Å²) in [5.74, 6) is 0.491. The first-order valence-corrected chi connectivity index (χ1v) is 5.70. The second kappa shape index (κ2) is 5.61. The molecule has 5 heteroatoms. The highest BCUT2D eigenvalue weighted by Gasteiger charge is 2.19. The number of nitrogens with one attached hydrogen (secondary N) is 2. The fourth-order valence-electron chi connectivity index (χ4n) is 1.47. The third-order valence-corrected chi connectivity index (χ3v) is 2.45. The zero-order valence-electron chi connectivity index (χ0n) is 10.7. The summed E-state index contributed by atoms with van der Waals surface area (Å²) in [5, 5.41) is 9.45. The average molecular weight is 236 g/mol. The van der Waals surface area contributed by atoms with Crippen LogP contribution < -0.4 is 5.32 Å². The maximum atomic E-state index is 11.4. The Balaban J connectivity index is 2.66. The molecule has 0 spiro atoms. The van der Waals surface area contributed by atoms with Gasteiger partial charge in [-0.05, 0) is 24.3 Å². The van der Waals surface area contributed by atoms with Crippen molar-refractivity contribution in [3.8, 4) is 0 Å². The van der Waals surface area contributed by atoms with Crippen molar-refractivity contribution in [1.82, 2.24) is 20.5 Å². The van der Waals surface area contributed by atoms with Crippen LogP contribution in [0.15, 0.2) is 19.0 Å². The first-order valence-electron chi connectivity index (χ1n) is 5.70. The van der Waals surface area contributed by atoms with Gasteiger partial charge < -0.3 is 5.32 Å². The van der Waals surface area contributed by atoms with Crippen molar-refractivity contribution in [2.75, 3.05) is 0 Å². The van der Waals surface area contributed by atoms with Gasteiger partial charge in [-0.1, -0.05) is 27.4 Å². The minimum atomic E-state index is -0.194. The molecular formula is C12H20N4O. The highest BCUT2D eigenvalue weighted by Crippen LogP contribution is 2.25. The molecule has 0 aliphatic rings. The highest BCUT2D eigenvalue weighted by atomic mass is 16.1. The lowest BCUT2D eigenvalue weighted by Gasteiger charge is -2.22. The summed E-state index contributed by atoms with van der Waals surface area (Å²) in [6.45, 7) is 9.94. The largest absolute Gasteiger partial charge is 0.343 e. The Morgan fingerprint density at radius 2 is 2.35 bits per heavy atom. The van der Waals surface area contributed by atoms with E-state index >= 15 is 0 Å². The van der Waals surface area contributed by atoms with E-state index in [-0.39, 0.29) is 17.4 Å². The maximum Gasteiger partial charge on any atom is 0.243 e. The zero-order chi connectivity index (χ0) is 12.9. The molecule has 1 amide bonds. The summed E-state index contributed by atoms with van der Waals surface area (Å²) in [6, 6.07) is -0.137. The van der Waals surface area contributed by atoms with Crippen molar-refractivity contribution in [2.45, 2.75) is 39.7 Å². The predicted octanol–water partition coefficient (Wildman–Crippen LogP) is 1.97. The third kappa shape index (κ3) is 4.80. The second-order valence-corrected chi connectivity index (χ2v) is 5.24. The van der Waals surface area contributed by atoms with Crippen molar-refractivity contribution < 1.29 is 4.79 Å². The molecule has 1 atom stereocenters. The van der Waals surface area contributed by atoms with E-state index in [2.05, 4.69) is 47.8 Å². The van der Waals surface area contributed by atoms with Crippen molar-refractivity contribution in [3.63, 3.8) is 0 Å². The molecule has 1 aromatic heterocycles. The Labute approximate surface area is 102 Å². The topological polar surface area (TPSA) is 70.7 Å². The number of aromatic nitrogens is 3. The van der Waals surface area contributed by atoms with Crippen LogP contribution in [0.2, 0.25) is 0 Å². The van der Waals surface area contributed by atoms with Crippen LogP contribution in [-0.2, 0) is 4.79 Å². The summed E-state index contributed by atoms with van der Waals surface area (Å²) in [6.07, 6.45) is 4.51. The molecule has 1 aromatic rings. The summed E-state index contributed by atoms with van der Waals surface area (Å²) >= 11 is 0. The third-order valence-electron chi connectivity index (χ3n) is 2.45. The molecule has 0 fully saturated rings. The van der Waals surface area contributed by atoms with E-state index in [9.17, 15) is 4.79 Å². The van der Waals surface area contributed by atoms with Crippen LogP contribution >= 0.6 is 0 Å². The van der Waals surface area contributed by atoms with E-state index in [1.54, 1.807) is 0 Å². The SMILES string of the molecule is C=CC(=O)NC(CCC(C)(C)C)c1ncn[nH]1. The van der Waals surface area contributed by atoms with E-state index in [1.807, 2.05) is 0 Å². The normalized spacial score (nSPS) is 13.1. The van der Waals surface area contributed by atoms with E-state index < -0.39 is 0 Å². The van der Waals surface area contributed by atoms with Gasteiger partial charge in [-0.2, -0.15) is 5.10 Å². The molecular weight excluding hydrogens is 216 g/mol. The van der Waals surface area contributed by atoms with Gasteiger partial charge in [-0.25, -0.2) is 4.98 Å². The molecule has 5 nitrogen and oxygen atoms in total. The van der Waals surface area contributed by atoms with Crippen LogP contribution in [0.5, 0.6) is 0 Å². The fraction of sp³-hybridized carbons (Fsp3) is 0.583. The Hall–Kier alpha value is -1.65. The van der Waals surface area contributed by atoms with Gasteiger partial charge in [0.25, 0.3) is 0 Å². The molecule has 1 heterocycles. The van der Waals surface area contributed by atoms with Gasteiger partial charge in [-0.15, -0.1) is 0 Å². The number of rotatable bonds is 5. The van der Waals surface area contributed by atoms with Gasteiger partial charge in [0, 0.05) is 0 Å². The van der Waals surface area contributed by atoms with Crippen LogP contribution in [0.3, 0.4) is 0 Å². The molecule has 94 valence electrons. The lowest BCUT2D eigenvalue weighted by atomic mass is 9.88. The molecule has 1 rings (SSSR count). The first kappa shape index (κ1) is 13.4. The average Bonchev–Trinajstić information content (AvgIpc) is 2.75. The van der Waals surface area contributed by atoms with Crippen molar-refractivity contribution in [1.29, 1.82) is 0 Å². The van der Waals surface area contributed by atoms with Gasteiger partial charge in [0.1, 0.15) is 12.2 Å². The molecule has 0 aromatic carbocycles. The standard InChI is InChI=1S/C12H20N4O/c1-5-10(17)15-9(6-7-12(2,3)4)11-13-8-14-16-11/h5,8-9H,1,6-7H2,2-4H3,(H,15,17)(H,13,14,16). The molecule has 0 bridgehead atoms. The molecule has 0 saturated carbocycles. The molecule has 1 unspecified atom stereocenters. The second-order valence-electron chi connectivity index (χ2n) is 5.24. The van der Waals surface area contributed by atoms with Crippen molar-refractivity contribution in [3.05, 3.63) is 24.8 Å². The molecule has 0 saturated heterocycles. The number of nitrogens with zero attached hydrogens (tertiary/aromatic N) is 2. The lowest BCUT2D eigenvalue weighted by Crippen LogP contribution is -2.28. The number of carbonyl (C=O) groups excluding carboxylic acids is 1. The van der Waals surface area contributed by atoms with Crippen molar-refractivity contribution in [2.24, 2.45) is 5.41 Å². The molecule has 0 radical (unpaired) electrons. The van der Waals surface area contributed by atoms with Gasteiger partial charge in [-0.3, -0.25) is 9.89 Å². The number of carbonyl (C=O) groups is 1. The van der Waals surface area contributed by atoms with Crippen molar-refractivity contribution >= 4 is 5.91 Å². The number of hydrogen-bond donors (Lipinski definition) is 2. The molecule has 2 N–H and O–H groups in total. The van der Waals surface area contributed by atoms with Crippen LogP contribution in [-0.4, -0.2) is 21.1 Å². The van der Waals surface area contributed by atoms with Crippen LogP contribution in [0.25, 0.3) is 0 Å². The molecule has 0 aliphatic carbocycles. The zero-order valence-corrected chi connectivity index (χ0v) is 10.7. The smallest absolute Gasteiger partial charge is 0.243 e. The fourth-order valence-corrected chi connectivity index (χ4v) is 1.47. The Morgan fingerprint density at radius 3 is 2.82 bits per heavy atom.